The summed E-state index contributed by atoms with van der Waals surface area (Å²) in [4.78, 5) is 4.75. The number of nitrogens with one attached hydrogen (secondary N) is 1. The van der Waals surface area contributed by atoms with Crippen molar-refractivity contribution in [2.24, 2.45) is 0 Å². The van der Waals surface area contributed by atoms with Crippen molar-refractivity contribution in [2.45, 2.75) is 32.2 Å². The van der Waals surface area contributed by atoms with E-state index in [0.29, 0.717) is 5.92 Å². The number of fused-ring (bicyclic) bond motifs is 1. The molecule has 2 heterocycles. The van der Waals surface area contributed by atoms with Crippen molar-refractivity contribution >= 4 is 11.3 Å². The number of para-hydroxylation sites is 1. The van der Waals surface area contributed by atoms with Gasteiger partial charge in [0.25, 0.3) is 0 Å². The molecule has 1 aromatic heterocycles. The Morgan fingerprint density at radius 1 is 1.40 bits per heavy atom. The number of hydrogen-bond acceptors (Lipinski definition) is 4. The Morgan fingerprint density at radius 2 is 2.30 bits per heavy atom. The van der Waals surface area contributed by atoms with Gasteiger partial charge in [-0.2, -0.15) is 0 Å². The first-order chi connectivity index (χ1) is 9.86. The van der Waals surface area contributed by atoms with E-state index in [0.717, 1.165) is 44.0 Å². The van der Waals surface area contributed by atoms with Crippen molar-refractivity contribution < 1.29 is 4.74 Å². The van der Waals surface area contributed by atoms with Crippen molar-refractivity contribution in [1.82, 2.24) is 10.3 Å². The molecule has 4 heteroatoms. The topological polar surface area (TPSA) is 34.1 Å². The predicted octanol–water partition coefficient (Wildman–Crippen LogP) is 3.36. The number of nitrogens with zero attached hydrogens (tertiary/aromatic N) is 1. The highest BCUT2D eigenvalue weighted by atomic mass is 32.1. The minimum Gasteiger partial charge on any atom is -0.493 e. The highest BCUT2D eigenvalue weighted by Gasteiger charge is 2.23. The maximum Gasteiger partial charge on any atom is 0.122 e. The van der Waals surface area contributed by atoms with Crippen LogP contribution in [0, 0.1) is 0 Å². The molecule has 0 spiro atoms. The normalized spacial score (nSPS) is 17.6. The van der Waals surface area contributed by atoms with Crippen LogP contribution >= 0.6 is 11.3 Å². The van der Waals surface area contributed by atoms with Crippen LogP contribution in [-0.2, 0) is 13.0 Å². The molecule has 0 fully saturated rings. The third-order valence-electron chi connectivity index (χ3n) is 3.53. The smallest absolute Gasteiger partial charge is 0.122 e. The first-order valence-corrected chi connectivity index (χ1v) is 8.10. The minimum absolute atomic E-state index is 0.398. The van der Waals surface area contributed by atoms with E-state index in [-0.39, 0.29) is 0 Å². The first-order valence-electron chi connectivity index (χ1n) is 7.22. The van der Waals surface area contributed by atoms with E-state index in [4.69, 9.17) is 9.72 Å². The molecule has 0 radical (unpaired) electrons. The second kappa shape index (κ2) is 6.37. The molecule has 1 unspecified atom stereocenters. The Hall–Kier alpha value is -1.39. The lowest BCUT2D eigenvalue weighted by Gasteiger charge is -2.23. The third-order valence-corrected chi connectivity index (χ3v) is 4.59. The fraction of sp³-hybridized carbons (Fsp3) is 0.438. The van der Waals surface area contributed by atoms with Crippen LogP contribution in [-0.4, -0.2) is 18.1 Å². The Balaban J connectivity index is 1.66. The molecule has 2 aromatic rings. The van der Waals surface area contributed by atoms with Crippen LogP contribution in [0.4, 0.5) is 0 Å². The van der Waals surface area contributed by atoms with E-state index < -0.39 is 0 Å². The Kier molecular flexibility index (Phi) is 4.33. The molecule has 0 bridgehead atoms. The first kappa shape index (κ1) is 13.6. The van der Waals surface area contributed by atoms with Crippen LogP contribution in [0.1, 0.15) is 35.5 Å². The van der Waals surface area contributed by atoms with Crippen LogP contribution < -0.4 is 10.1 Å². The van der Waals surface area contributed by atoms with E-state index >= 15 is 0 Å². The van der Waals surface area contributed by atoms with E-state index in [1.165, 1.54) is 10.6 Å². The van der Waals surface area contributed by atoms with Gasteiger partial charge in [-0.1, -0.05) is 25.1 Å². The van der Waals surface area contributed by atoms with E-state index in [2.05, 4.69) is 29.8 Å². The molecule has 3 rings (SSSR count). The maximum absolute atomic E-state index is 5.85. The van der Waals surface area contributed by atoms with Gasteiger partial charge in [0.1, 0.15) is 5.75 Å². The van der Waals surface area contributed by atoms with Gasteiger partial charge < -0.3 is 10.1 Å². The van der Waals surface area contributed by atoms with Gasteiger partial charge in [-0.25, -0.2) is 4.98 Å². The number of rotatable bonds is 5. The van der Waals surface area contributed by atoms with Crippen molar-refractivity contribution in [3.8, 4) is 5.75 Å². The van der Waals surface area contributed by atoms with Gasteiger partial charge in [0.05, 0.1) is 17.3 Å². The van der Waals surface area contributed by atoms with Crippen LogP contribution in [0.3, 0.4) is 0 Å². The molecule has 20 heavy (non-hydrogen) atoms. The van der Waals surface area contributed by atoms with Crippen LogP contribution in [0.15, 0.2) is 29.6 Å². The molecular formula is C16H20N2OS. The number of ether oxygens (including phenoxy) is 1. The third kappa shape index (κ3) is 3.02. The van der Waals surface area contributed by atoms with Gasteiger partial charge in [0.2, 0.25) is 0 Å². The van der Waals surface area contributed by atoms with Crippen molar-refractivity contribution in [1.29, 1.82) is 0 Å². The highest BCUT2D eigenvalue weighted by Crippen LogP contribution is 2.33. The zero-order valence-corrected chi connectivity index (χ0v) is 12.6. The minimum atomic E-state index is 0.398. The zero-order valence-electron chi connectivity index (χ0n) is 11.8. The summed E-state index contributed by atoms with van der Waals surface area (Å²) in [5, 5.41) is 6.76. The molecule has 0 saturated heterocycles. The average molecular weight is 288 g/mol. The van der Waals surface area contributed by atoms with Gasteiger partial charge in [-0.15, -0.1) is 11.3 Å². The summed E-state index contributed by atoms with van der Waals surface area (Å²) in [6.45, 7) is 4.84. The van der Waals surface area contributed by atoms with Gasteiger partial charge in [0.15, 0.2) is 0 Å². The fourth-order valence-electron chi connectivity index (χ4n) is 2.47. The zero-order chi connectivity index (χ0) is 13.8. The second-order valence-electron chi connectivity index (χ2n) is 5.17. The summed E-state index contributed by atoms with van der Waals surface area (Å²) in [5.74, 6) is 1.43. The van der Waals surface area contributed by atoms with Crippen LogP contribution in [0.2, 0.25) is 0 Å². The molecule has 0 saturated carbocycles. The molecule has 1 aromatic carbocycles. The maximum atomic E-state index is 5.85. The highest BCUT2D eigenvalue weighted by molar-refractivity contribution is 7.09. The number of benzene rings is 1. The number of hydrogen-bond donors (Lipinski definition) is 1. The predicted molar refractivity (Wildman–Crippen MR) is 82.5 cm³/mol. The molecule has 1 atom stereocenters. The number of aromatic nitrogens is 1. The van der Waals surface area contributed by atoms with E-state index in [1.54, 1.807) is 11.3 Å². The molecular weight excluding hydrogens is 268 g/mol. The monoisotopic (exact) mass is 288 g/mol. The summed E-state index contributed by atoms with van der Waals surface area (Å²) >= 11 is 1.76. The van der Waals surface area contributed by atoms with Gasteiger partial charge in [-0.05, 0) is 31.0 Å². The van der Waals surface area contributed by atoms with Crippen LogP contribution in [0.5, 0.6) is 5.75 Å². The van der Waals surface area contributed by atoms with Gasteiger partial charge in [-0.3, -0.25) is 0 Å². The summed E-state index contributed by atoms with van der Waals surface area (Å²) in [7, 11) is 0. The molecule has 3 nitrogen and oxygen atoms in total. The summed E-state index contributed by atoms with van der Waals surface area (Å²) in [6, 6.07) is 8.30. The largest absolute Gasteiger partial charge is 0.493 e. The second-order valence-corrected chi connectivity index (χ2v) is 6.06. The lowest BCUT2D eigenvalue weighted by Crippen LogP contribution is -2.19. The lowest BCUT2D eigenvalue weighted by atomic mass is 9.97. The SMILES string of the molecule is CCCNCc1csc(C2COc3ccccc3C2)n1. The van der Waals surface area contributed by atoms with Crippen molar-refractivity contribution in [2.75, 3.05) is 13.2 Å². The Morgan fingerprint density at radius 3 is 3.20 bits per heavy atom. The van der Waals surface area contributed by atoms with Crippen molar-refractivity contribution in [3.05, 3.63) is 45.9 Å². The molecule has 106 valence electrons. The van der Waals surface area contributed by atoms with E-state index in [9.17, 15) is 0 Å². The van der Waals surface area contributed by atoms with Crippen molar-refractivity contribution in [3.63, 3.8) is 0 Å². The summed E-state index contributed by atoms with van der Waals surface area (Å²) in [5.41, 5.74) is 2.45. The fourth-order valence-corrected chi connectivity index (χ4v) is 3.38. The molecule has 1 N–H and O–H groups in total. The molecule has 1 aliphatic heterocycles. The quantitative estimate of drug-likeness (QED) is 0.857. The van der Waals surface area contributed by atoms with Gasteiger partial charge in [0, 0.05) is 17.8 Å². The molecule has 0 amide bonds. The molecule has 0 aliphatic carbocycles. The van der Waals surface area contributed by atoms with Crippen LogP contribution in [0.25, 0.3) is 0 Å². The summed E-state index contributed by atoms with van der Waals surface area (Å²) in [6.07, 6.45) is 2.19. The number of thiazole rings is 1. The average Bonchev–Trinajstić information content (AvgIpc) is 2.96. The van der Waals surface area contributed by atoms with E-state index in [1.807, 2.05) is 12.1 Å². The summed E-state index contributed by atoms with van der Waals surface area (Å²) < 4.78 is 5.85. The standard InChI is InChI=1S/C16H20N2OS/c1-2-7-17-9-14-11-20-16(18-14)13-8-12-5-3-4-6-15(12)19-10-13/h3-6,11,13,17H,2,7-10H2,1H3. The molecule has 1 aliphatic rings. The lowest BCUT2D eigenvalue weighted by molar-refractivity contribution is 0.262. The Labute approximate surface area is 124 Å². The Bertz CT molecular complexity index is 567. The van der Waals surface area contributed by atoms with Gasteiger partial charge >= 0.3 is 0 Å².